The molecule has 5 atom stereocenters. The molecule has 0 saturated heterocycles. The molecule has 31 heavy (non-hydrogen) atoms. The van der Waals surface area contributed by atoms with Crippen LogP contribution in [0.5, 0.6) is 0 Å². The van der Waals surface area contributed by atoms with Crippen molar-refractivity contribution in [1.29, 1.82) is 0 Å². The average Bonchev–Trinajstić information content (AvgIpc) is 3.00. The Bertz CT molecular complexity index is 733. The molecule has 4 heteroatoms. The van der Waals surface area contributed by atoms with Crippen LogP contribution in [0, 0.1) is 29.1 Å². The van der Waals surface area contributed by atoms with E-state index in [9.17, 15) is 18.3 Å². The highest BCUT2D eigenvalue weighted by atomic mass is 19.3. The fraction of sp³-hybridized carbons (Fsp3) is 0.778. The molecule has 0 heterocycles. The zero-order valence-corrected chi connectivity index (χ0v) is 19.8. The summed E-state index contributed by atoms with van der Waals surface area (Å²) < 4.78 is 41.6. The van der Waals surface area contributed by atoms with Crippen LogP contribution < -0.4 is 0 Å². The number of halogens is 3. The standard InChI is InChI=1S/C27H41F3O/c1-18(2)8-6-9-19(3)23-13-14-24-21(10-7-15-25(23,24)5)11-12-22-17-27(30,31)26(28,29)16-20(22)4/h11-12,18-19,23-24,31H,4,6-10,13-17H2,1-3,5H3/t19-,23-,24?,25-,27-/m1/s1. The minimum absolute atomic E-state index is 0.228. The second-order valence-electron chi connectivity index (χ2n) is 11.3. The van der Waals surface area contributed by atoms with E-state index in [1.807, 2.05) is 6.08 Å². The highest BCUT2D eigenvalue weighted by Gasteiger charge is 2.57. The van der Waals surface area contributed by atoms with Gasteiger partial charge in [-0.25, -0.2) is 4.39 Å². The van der Waals surface area contributed by atoms with E-state index in [0.29, 0.717) is 17.4 Å². The van der Waals surface area contributed by atoms with Crippen molar-refractivity contribution in [3.8, 4) is 0 Å². The Kier molecular flexibility index (Phi) is 7.21. The Balaban J connectivity index is 1.74. The van der Waals surface area contributed by atoms with Gasteiger partial charge >= 0.3 is 5.92 Å². The molecule has 0 aromatic rings. The van der Waals surface area contributed by atoms with Crippen molar-refractivity contribution in [2.24, 2.45) is 29.1 Å². The van der Waals surface area contributed by atoms with Crippen LogP contribution in [0.4, 0.5) is 13.2 Å². The molecule has 0 bridgehead atoms. The SMILES string of the molecule is C=C1CC(F)(F)[C@@](O)(F)CC1=CC=C1CCC[C@@]2(C)C1CC[C@@H]2[C@H](C)CCCC(C)C. The molecule has 176 valence electrons. The predicted octanol–water partition coefficient (Wildman–Crippen LogP) is 8.16. The number of hydrogen-bond acceptors (Lipinski definition) is 1. The van der Waals surface area contributed by atoms with Crippen LogP contribution in [0.1, 0.15) is 91.9 Å². The van der Waals surface area contributed by atoms with Gasteiger partial charge in [0.15, 0.2) is 0 Å². The molecule has 1 N–H and O–H groups in total. The lowest BCUT2D eigenvalue weighted by Gasteiger charge is -2.44. The fourth-order valence-electron chi connectivity index (χ4n) is 6.67. The van der Waals surface area contributed by atoms with E-state index in [2.05, 4.69) is 34.3 Å². The maximum Gasteiger partial charge on any atom is 0.309 e. The van der Waals surface area contributed by atoms with E-state index >= 15 is 0 Å². The lowest BCUT2D eigenvalue weighted by Crippen LogP contribution is -2.47. The van der Waals surface area contributed by atoms with Gasteiger partial charge in [0.05, 0.1) is 0 Å². The summed E-state index contributed by atoms with van der Waals surface area (Å²) in [6.07, 6.45) is 12.0. The minimum atomic E-state index is -3.78. The molecule has 0 aliphatic heterocycles. The van der Waals surface area contributed by atoms with Crippen LogP contribution >= 0.6 is 0 Å². The zero-order chi connectivity index (χ0) is 23.0. The second-order valence-corrected chi connectivity index (χ2v) is 11.3. The molecule has 1 nitrogen and oxygen atoms in total. The van der Waals surface area contributed by atoms with Crippen LogP contribution in [-0.4, -0.2) is 16.9 Å². The summed E-state index contributed by atoms with van der Waals surface area (Å²) in [5, 5.41) is 9.60. The van der Waals surface area contributed by atoms with E-state index in [1.54, 1.807) is 6.08 Å². The van der Waals surface area contributed by atoms with Crippen LogP contribution in [-0.2, 0) is 0 Å². The third kappa shape index (κ3) is 4.99. The number of rotatable bonds is 6. The monoisotopic (exact) mass is 438 g/mol. The maximum atomic E-state index is 14.1. The van der Waals surface area contributed by atoms with Crippen molar-refractivity contribution < 1.29 is 18.3 Å². The van der Waals surface area contributed by atoms with E-state index < -0.39 is 24.6 Å². The highest BCUT2D eigenvalue weighted by molar-refractivity contribution is 5.38. The molecule has 3 aliphatic rings. The van der Waals surface area contributed by atoms with Gasteiger partial charge in [-0.3, -0.25) is 0 Å². The quantitative estimate of drug-likeness (QED) is 0.443. The first-order chi connectivity index (χ1) is 14.4. The minimum Gasteiger partial charge on any atom is -0.357 e. The molecular formula is C27H41F3O. The van der Waals surface area contributed by atoms with Gasteiger partial charge in [0.25, 0.3) is 5.85 Å². The molecule has 1 unspecified atom stereocenters. The van der Waals surface area contributed by atoms with Gasteiger partial charge in [0.2, 0.25) is 0 Å². The highest BCUT2D eigenvalue weighted by Crippen LogP contribution is 2.60. The Morgan fingerprint density at radius 3 is 2.48 bits per heavy atom. The lowest BCUT2D eigenvalue weighted by atomic mass is 9.60. The van der Waals surface area contributed by atoms with Gasteiger partial charge in [-0.1, -0.05) is 71.3 Å². The second kappa shape index (κ2) is 9.08. The molecule has 3 aliphatic carbocycles. The van der Waals surface area contributed by atoms with Gasteiger partial charge in [-0.2, -0.15) is 8.78 Å². The van der Waals surface area contributed by atoms with Crippen LogP contribution in [0.15, 0.2) is 35.5 Å². The van der Waals surface area contributed by atoms with Crippen molar-refractivity contribution in [2.75, 3.05) is 0 Å². The number of alkyl halides is 3. The first-order valence-electron chi connectivity index (χ1n) is 12.2. The van der Waals surface area contributed by atoms with Crippen LogP contribution in [0.25, 0.3) is 0 Å². The van der Waals surface area contributed by atoms with Gasteiger partial charge < -0.3 is 5.11 Å². The topological polar surface area (TPSA) is 20.2 Å². The number of allylic oxidation sites excluding steroid dienone is 4. The molecule has 0 spiro atoms. The summed E-state index contributed by atoms with van der Waals surface area (Å²) >= 11 is 0. The van der Waals surface area contributed by atoms with Gasteiger partial charge in [-0.05, 0) is 72.3 Å². The summed E-state index contributed by atoms with van der Waals surface area (Å²) in [4.78, 5) is 0. The maximum absolute atomic E-state index is 14.1. The Labute approximate surface area is 186 Å². The van der Waals surface area contributed by atoms with Gasteiger partial charge in [-0.15, -0.1) is 0 Å². The van der Waals surface area contributed by atoms with Crippen molar-refractivity contribution in [2.45, 2.75) is 104 Å². The van der Waals surface area contributed by atoms with Gasteiger partial charge in [0.1, 0.15) is 0 Å². The summed E-state index contributed by atoms with van der Waals surface area (Å²) in [5.41, 5.74) is 2.29. The molecule has 0 amide bonds. The fourth-order valence-corrected chi connectivity index (χ4v) is 6.67. The number of fused-ring (bicyclic) bond motifs is 1. The third-order valence-corrected chi connectivity index (χ3v) is 8.54. The first-order valence-corrected chi connectivity index (χ1v) is 12.2. The summed E-state index contributed by atoms with van der Waals surface area (Å²) in [6.45, 7) is 13.2. The van der Waals surface area contributed by atoms with Crippen molar-refractivity contribution in [3.63, 3.8) is 0 Å². The summed E-state index contributed by atoms with van der Waals surface area (Å²) in [7, 11) is 0. The normalized spacial score (nSPS) is 39.3. The van der Waals surface area contributed by atoms with Crippen molar-refractivity contribution in [3.05, 3.63) is 35.5 Å². The molecule has 3 fully saturated rings. The molecule has 0 aromatic carbocycles. The molecule has 0 radical (unpaired) electrons. The smallest absolute Gasteiger partial charge is 0.309 e. The van der Waals surface area contributed by atoms with E-state index in [1.165, 1.54) is 44.1 Å². The van der Waals surface area contributed by atoms with Crippen molar-refractivity contribution >= 4 is 0 Å². The zero-order valence-electron chi connectivity index (χ0n) is 19.8. The number of hydrogen-bond donors (Lipinski definition) is 1. The molecule has 0 aromatic heterocycles. The van der Waals surface area contributed by atoms with E-state index in [0.717, 1.165) is 24.7 Å². The first kappa shape index (κ1) is 24.6. The molecule has 3 rings (SSSR count). The van der Waals surface area contributed by atoms with Gasteiger partial charge in [0, 0.05) is 12.8 Å². The third-order valence-electron chi connectivity index (χ3n) is 8.54. The van der Waals surface area contributed by atoms with E-state index in [4.69, 9.17) is 0 Å². The van der Waals surface area contributed by atoms with Crippen LogP contribution in [0.3, 0.4) is 0 Å². The number of aliphatic hydroxyl groups is 1. The lowest BCUT2D eigenvalue weighted by molar-refractivity contribution is -0.255. The van der Waals surface area contributed by atoms with Crippen molar-refractivity contribution in [1.82, 2.24) is 0 Å². The molecular weight excluding hydrogens is 397 g/mol. The summed E-state index contributed by atoms with van der Waals surface area (Å²) in [6, 6.07) is 0. The largest absolute Gasteiger partial charge is 0.357 e. The predicted molar refractivity (Wildman–Crippen MR) is 122 cm³/mol. The van der Waals surface area contributed by atoms with E-state index in [-0.39, 0.29) is 11.0 Å². The summed E-state index contributed by atoms with van der Waals surface area (Å²) in [5.74, 6) is -4.56. The Morgan fingerprint density at radius 1 is 1.10 bits per heavy atom. The Morgan fingerprint density at radius 2 is 1.81 bits per heavy atom. The Hall–Kier alpha value is -1.03. The van der Waals surface area contributed by atoms with Crippen LogP contribution in [0.2, 0.25) is 0 Å². The molecule has 3 saturated carbocycles. The average molecular weight is 439 g/mol.